The van der Waals surface area contributed by atoms with Gasteiger partial charge in [0, 0.05) is 26.5 Å². The van der Waals surface area contributed by atoms with Crippen LogP contribution in [0.1, 0.15) is 24.6 Å². The SMILES string of the molecule is COCC(Cn1cncc1[C@@H]1CCCN1)OC. The molecule has 0 amide bonds. The van der Waals surface area contributed by atoms with Crippen LogP contribution in [0.5, 0.6) is 0 Å². The third-order valence-electron chi connectivity index (χ3n) is 3.25. The maximum absolute atomic E-state index is 5.39. The summed E-state index contributed by atoms with van der Waals surface area (Å²) >= 11 is 0. The molecule has 1 aliphatic heterocycles. The Kier molecular flexibility index (Phi) is 4.53. The average molecular weight is 239 g/mol. The van der Waals surface area contributed by atoms with Gasteiger partial charge in [0.2, 0.25) is 0 Å². The fraction of sp³-hybridized carbons (Fsp3) is 0.750. The zero-order valence-corrected chi connectivity index (χ0v) is 10.6. The quantitative estimate of drug-likeness (QED) is 0.803. The Hall–Kier alpha value is -0.910. The van der Waals surface area contributed by atoms with Crippen molar-refractivity contribution in [2.45, 2.75) is 31.5 Å². The molecule has 1 fully saturated rings. The van der Waals surface area contributed by atoms with Crippen LogP contribution in [-0.4, -0.2) is 43.0 Å². The van der Waals surface area contributed by atoms with E-state index in [0.29, 0.717) is 12.6 Å². The van der Waals surface area contributed by atoms with Crippen LogP contribution in [0.15, 0.2) is 12.5 Å². The van der Waals surface area contributed by atoms with Gasteiger partial charge >= 0.3 is 0 Å². The van der Waals surface area contributed by atoms with E-state index in [2.05, 4.69) is 14.9 Å². The van der Waals surface area contributed by atoms with Crippen molar-refractivity contribution in [2.24, 2.45) is 0 Å². The Morgan fingerprint density at radius 2 is 2.47 bits per heavy atom. The molecule has 0 aromatic carbocycles. The summed E-state index contributed by atoms with van der Waals surface area (Å²) in [5.41, 5.74) is 1.25. The summed E-state index contributed by atoms with van der Waals surface area (Å²) in [5.74, 6) is 0. The van der Waals surface area contributed by atoms with Crippen molar-refractivity contribution in [1.29, 1.82) is 0 Å². The lowest BCUT2D eigenvalue weighted by atomic mass is 10.1. The molecule has 5 heteroatoms. The molecule has 1 aromatic heterocycles. The summed E-state index contributed by atoms with van der Waals surface area (Å²) < 4.78 is 12.7. The second-order valence-corrected chi connectivity index (χ2v) is 4.43. The first-order chi connectivity index (χ1) is 8.35. The molecule has 0 bridgehead atoms. The van der Waals surface area contributed by atoms with Crippen LogP contribution in [0.2, 0.25) is 0 Å². The van der Waals surface area contributed by atoms with Gasteiger partial charge in [0.15, 0.2) is 0 Å². The summed E-state index contributed by atoms with van der Waals surface area (Å²) in [6.07, 6.45) is 6.32. The van der Waals surface area contributed by atoms with E-state index in [-0.39, 0.29) is 6.10 Å². The van der Waals surface area contributed by atoms with Gasteiger partial charge in [0.25, 0.3) is 0 Å². The third-order valence-corrected chi connectivity index (χ3v) is 3.25. The maximum Gasteiger partial charge on any atom is 0.0983 e. The van der Waals surface area contributed by atoms with Crippen molar-refractivity contribution in [3.8, 4) is 0 Å². The average Bonchev–Trinajstić information content (AvgIpc) is 2.98. The maximum atomic E-state index is 5.39. The first-order valence-corrected chi connectivity index (χ1v) is 6.10. The third kappa shape index (κ3) is 3.06. The zero-order valence-electron chi connectivity index (χ0n) is 10.6. The number of nitrogens with one attached hydrogen (secondary N) is 1. The highest BCUT2D eigenvalue weighted by molar-refractivity contribution is 5.07. The minimum Gasteiger partial charge on any atom is -0.382 e. The minimum atomic E-state index is 0.0781. The monoisotopic (exact) mass is 239 g/mol. The van der Waals surface area contributed by atoms with Gasteiger partial charge in [-0.2, -0.15) is 0 Å². The molecular weight excluding hydrogens is 218 g/mol. The summed E-state index contributed by atoms with van der Waals surface area (Å²) in [5, 5.41) is 3.49. The highest BCUT2D eigenvalue weighted by atomic mass is 16.5. The van der Waals surface area contributed by atoms with Crippen molar-refractivity contribution in [3.63, 3.8) is 0 Å². The fourth-order valence-corrected chi connectivity index (χ4v) is 2.31. The van der Waals surface area contributed by atoms with Gasteiger partial charge in [-0.05, 0) is 19.4 Å². The van der Waals surface area contributed by atoms with Crippen LogP contribution in [0.25, 0.3) is 0 Å². The van der Waals surface area contributed by atoms with Gasteiger partial charge < -0.3 is 19.4 Å². The molecule has 2 rings (SSSR count). The van der Waals surface area contributed by atoms with E-state index in [9.17, 15) is 0 Å². The van der Waals surface area contributed by atoms with Gasteiger partial charge in [-0.25, -0.2) is 4.98 Å². The lowest BCUT2D eigenvalue weighted by Crippen LogP contribution is -2.26. The van der Waals surface area contributed by atoms with Gasteiger partial charge in [-0.3, -0.25) is 0 Å². The van der Waals surface area contributed by atoms with E-state index in [1.165, 1.54) is 18.5 Å². The standard InChI is InChI=1S/C12H21N3O2/c1-16-8-10(17-2)7-15-9-13-6-12(15)11-4-3-5-14-11/h6,9-11,14H,3-5,7-8H2,1-2H3/t10?,11-/m0/s1. The number of methoxy groups -OCH3 is 2. The molecule has 1 aliphatic rings. The minimum absolute atomic E-state index is 0.0781. The largest absolute Gasteiger partial charge is 0.382 e. The number of hydrogen-bond acceptors (Lipinski definition) is 4. The lowest BCUT2D eigenvalue weighted by molar-refractivity contribution is 0.0177. The molecule has 0 saturated carbocycles. The second kappa shape index (κ2) is 6.14. The van der Waals surface area contributed by atoms with Crippen LogP contribution in [-0.2, 0) is 16.0 Å². The lowest BCUT2D eigenvalue weighted by Gasteiger charge is -2.19. The molecule has 0 aliphatic carbocycles. The van der Waals surface area contributed by atoms with Crippen molar-refractivity contribution in [2.75, 3.05) is 27.4 Å². The summed E-state index contributed by atoms with van der Waals surface area (Å²) in [7, 11) is 3.41. The Morgan fingerprint density at radius 3 is 3.12 bits per heavy atom. The number of aromatic nitrogens is 2. The number of imidazole rings is 1. The fourth-order valence-electron chi connectivity index (χ4n) is 2.31. The molecule has 96 valence electrons. The van der Waals surface area contributed by atoms with E-state index < -0.39 is 0 Å². The molecule has 0 spiro atoms. The number of nitrogens with zero attached hydrogens (tertiary/aromatic N) is 2. The molecule has 1 unspecified atom stereocenters. The Balaban J connectivity index is 2.02. The highest BCUT2D eigenvalue weighted by Crippen LogP contribution is 2.22. The van der Waals surface area contributed by atoms with Crippen LogP contribution >= 0.6 is 0 Å². The van der Waals surface area contributed by atoms with Crippen molar-refractivity contribution in [1.82, 2.24) is 14.9 Å². The molecule has 1 aromatic rings. The Bertz CT molecular complexity index is 334. The van der Waals surface area contributed by atoms with Crippen LogP contribution in [0, 0.1) is 0 Å². The van der Waals surface area contributed by atoms with Gasteiger partial charge in [-0.15, -0.1) is 0 Å². The molecule has 0 radical (unpaired) electrons. The van der Waals surface area contributed by atoms with Gasteiger partial charge in [0.05, 0.1) is 31.3 Å². The van der Waals surface area contributed by atoms with Crippen molar-refractivity contribution >= 4 is 0 Å². The van der Waals surface area contributed by atoms with Gasteiger partial charge in [-0.1, -0.05) is 0 Å². The van der Waals surface area contributed by atoms with E-state index in [4.69, 9.17) is 9.47 Å². The molecule has 1 saturated heterocycles. The number of rotatable bonds is 6. The second-order valence-electron chi connectivity index (χ2n) is 4.43. The van der Waals surface area contributed by atoms with E-state index in [0.717, 1.165) is 13.1 Å². The first kappa shape index (κ1) is 12.5. The molecule has 1 N–H and O–H groups in total. The van der Waals surface area contributed by atoms with Crippen molar-refractivity contribution in [3.05, 3.63) is 18.2 Å². The Labute approximate surface area is 102 Å². The first-order valence-electron chi connectivity index (χ1n) is 6.10. The molecule has 17 heavy (non-hydrogen) atoms. The predicted molar refractivity (Wildman–Crippen MR) is 64.9 cm³/mol. The van der Waals surface area contributed by atoms with Crippen LogP contribution in [0.3, 0.4) is 0 Å². The molecular formula is C12H21N3O2. The highest BCUT2D eigenvalue weighted by Gasteiger charge is 2.20. The molecule has 2 heterocycles. The predicted octanol–water partition coefficient (Wildman–Crippen LogP) is 0.969. The normalized spacial score (nSPS) is 21.9. The number of ether oxygens (including phenoxy) is 2. The number of hydrogen-bond donors (Lipinski definition) is 1. The smallest absolute Gasteiger partial charge is 0.0983 e. The molecule has 2 atom stereocenters. The summed E-state index contributed by atoms with van der Waals surface area (Å²) in [4.78, 5) is 4.24. The van der Waals surface area contributed by atoms with Gasteiger partial charge in [0.1, 0.15) is 0 Å². The van der Waals surface area contributed by atoms with E-state index in [1.54, 1.807) is 14.2 Å². The van der Waals surface area contributed by atoms with Crippen LogP contribution in [0.4, 0.5) is 0 Å². The zero-order chi connectivity index (χ0) is 12.1. The van der Waals surface area contributed by atoms with Crippen molar-refractivity contribution < 1.29 is 9.47 Å². The Morgan fingerprint density at radius 1 is 1.59 bits per heavy atom. The summed E-state index contributed by atoms with van der Waals surface area (Å²) in [6.45, 7) is 2.49. The van der Waals surface area contributed by atoms with Crippen LogP contribution < -0.4 is 5.32 Å². The summed E-state index contributed by atoms with van der Waals surface area (Å²) in [6, 6.07) is 0.442. The van der Waals surface area contributed by atoms with E-state index in [1.807, 2.05) is 12.5 Å². The molecule has 5 nitrogen and oxygen atoms in total. The topological polar surface area (TPSA) is 48.3 Å². The van der Waals surface area contributed by atoms with E-state index >= 15 is 0 Å².